The maximum absolute atomic E-state index is 11.9. The number of rotatable bonds is 8. The lowest BCUT2D eigenvalue weighted by Gasteiger charge is -2.26. The Labute approximate surface area is 121 Å². The predicted molar refractivity (Wildman–Crippen MR) is 76.5 cm³/mol. The summed E-state index contributed by atoms with van der Waals surface area (Å²) in [5.41, 5.74) is -0.450. The molecule has 5 heteroatoms. The second-order valence-corrected chi connectivity index (χ2v) is 6.27. The van der Waals surface area contributed by atoms with Crippen LogP contribution in [-0.4, -0.2) is 35.7 Å². The van der Waals surface area contributed by atoms with Crippen LogP contribution in [0.3, 0.4) is 0 Å². The van der Waals surface area contributed by atoms with E-state index in [2.05, 4.69) is 5.32 Å². The Morgan fingerprint density at radius 2 is 1.90 bits per heavy atom. The molecule has 20 heavy (non-hydrogen) atoms. The first-order valence-corrected chi connectivity index (χ1v) is 7.49. The van der Waals surface area contributed by atoms with E-state index in [1.54, 1.807) is 0 Å². The molecule has 0 unspecified atom stereocenters. The van der Waals surface area contributed by atoms with E-state index in [1.165, 1.54) is 0 Å². The number of carbonyl (C=O) groups is 2. The Bertz CT molecular complexity index is 322. The first kappa shape index (κ1) is 17.0. The first-order chi connectivity index (χ1) is 9.39. The van der Waals surface area contributed by atoms with Crippen LogP contribution in [0.2, 0.25) is 0 Å². The molecule has 116 valence electrons. The molecule has 1 aliphatic heterocycles. The van der Waals surface area contributed by atoms with Crippen molar-refractivity contribution in [3.8, 4) is 0 Å². The topological polar surface area (TPSA) is 75.6 Å². The minimum atomic E-state index is -0.827. The lowest BCUT2D eigenvalue weighted by Crippen LogP contribution is -2.43. The number of aliphatic carboxylic acids is 1. The van der Waals surface area contributed by atoms with Gasteiger partial charge in [-0.3, -0.25) is 9.59 Å². The molecule has 1 saturated heterocycles. The molecule has 0 aromatic rings. The molecule has 0 bridgehead atoms. The second kappa shape index (κ2) is 8.25. The summed E-state index contributed by atoms with van der Waals surface area (Å²) >= 11 is 0. The Morgan fingerprint density at radius 3 is 2.50 bits per heavy atom. The van der Waals surface area contributed by atoms with Crippen LogP contribution in [0.4, 0.5) is 0 Å². The summed E-state index contributed by atoms with van der Waals surface area (Å²) in [6.07, 6.45) is 5.23. The molecule has 1 amide bonds. The number of ether oxygens (including phenoxy) is 1. The van der Waals surface area contributed by atoms with Crippen LogP contribution in [0.1, 0.15) is 58.8 Å². The standard InChI is InChI=1S/C15H27NO4/c1-15(2,9-6-14(18)19)16-13(17)5-3-4-12-7-10-20-11-8-12/h12H,3-11H2,1-2H3,(H,16,17)(H,18,19). The van der Waals surface area contributed by atoms with Crippen molar-refractivity contribution in [3.63, 3.8) is 0 Å². The Hall–Kier alpha value is -1.10. The zero-order chi connectivity index (χ0) is 15.0. The molecule has 0 radical (unpaired) electrons. The van der Waals surface area contributed by atoms with Gasteiger partial charge in [-0.15, -0.1) is 0 Å². The van der Waals surface area contributed by atoms with E-state index in [9.17, 15) is 9.59 Å². The van der Waals surface area contributed by atoms with Gasteiger partial charge in [0.1, 0.15) is 0 Å². The quantitative estimate of drug-likeness (QED) is 0.717. The highest BCUT2D eigenvalue weighted by molar-refractivity contribution is 5.76. The van der Waals surface area contributed by atoms with E-state index in [0.29, 0.717) is 18.8 Å². The van der Waals surface area contributed by atoms with Crippen molar-refractivity contribution in [2.75, 3.05) is 13.2 Å². The molecular formula is C15H27NO4. The summed E-state index contributed by atoms with van der Waals surface area (Å²) in [4.78, 5) is 22.4. The Kier molecular flexibility index (Phi) is 6.99. The summed E-state index contributed by atoms with van der Waals surface area (Å²) in [7, 11) is 0. The third-order valence-corrected chi connectivity index (χ3v) is 3.80. The summed E-state index contributed by atoms with van der Waals surface area (Å²) in [5, 5.41) is 11.6. The third kappa shape index (κ3) is 7.48. The average molecular weight is 285 g/mol. The highest BCUT2D eigenvalue weighted by atomic mass is 16.5. The number of carbonyl (C=O) groups excluding carboxylic acids is 1. The van der Waals surface area contributed by atoms with Crippen molar-refractivity contribution in [2.24, 2.45) is 5.92 Å². The van der Waals surface area contributed by atoms with Crippen LogP contribution in [0.5, 0.6) is 0 Å². The van der Waals surface area contributed by atoms with Gasteiger partial charge in [0.25, 0.3) is 0 Å². The molecule has 0 saturated carbocycles. The summed E-state index contributed by atoms with van der Waals surface area (Å²) in [6, 6.07) is 0. The van der Waals surface area contributed by atoms with E-state index in [4.69, 9.17) is 9.84 Å². The van der Waals surface area contributed by atoms with Crippen molar-refractivity contribution < 1.29 is 19.4 Å². The Balaban J connectivity index is 2.16. The van der Waals surface area contributed by atoms with Gasteiger partial charge in [-0.2, -0.15) is 0 Å². The van der Waals surface area contributed by atoms with E-state index < -0.39 is 11.5 Å². The Morgan fingerprint density at radius 1 is 1.25 bits per heavy atom. The highest BCUT2D eigenvalue weighted by Gasteiger charge is 2.21. The van der Waals surface area contributed by atoms with Crippen molar-refractivity contribution in [3.05, 3.63) is 0 Å². The second-order valence-electron chi connectivity index (χ2n) is 6.27. The fraction of sp³-hybridized carbons (Fsp3) is 0.867. The smallest absolute Gasteiger partial charge is 0.303 e. The molecule has 0 spiro atoms. The maximum atomic E-state index is 11.9. The van der Waals surface area contributed by atoms with Gasteiger partial charge in [0.05, 0.1) is 0 Å². The monoisotopic (exact) mass is 285 g/mol. The van der Waals surface area contributed by atoms with Crippen LogP contribution in [0, 0.1) is 5.92 Å². The molecule has 1 aliphatic rings. The zero-order valence-electron chi connectivity index (χ0n) is 12.6. The number of carboxylic acid groups (broad SMARTS) is 1. The number of carboxylic acids is 1. The number of amides is 1. The molecule has 1 fully saturated rings. The minimum absolute atomic E-state index is 0.0208. The molecular weight excluding hydrogens is 258 g/mol. The molecule has 2 N–H and O–H groups in total. The van der Waals surface area contributed by atoms with Crippen molar-refractivity contribution in [1.29, 1.82) is 0 Å². The SMILES string of the molecule is CC(C)(CCC(=O)O)NC(=O)CCCC1CCOCC1. The van der Waals surface area contributed by atoms with Gasteiger partial charge in [-0.1, -0.05) is 0 Å². The van der Waals surface area contributed by atoms with E-state index in [-0.39, 0.29) is 12.3 Å². The van der Waals surface area contributed by atoms with Crippen molar-refractivity contribution in [1.82, 2.24) is 5.32 Å². The van der Waals surface area contributed by atoms with Gasteiger partial charge in [-0.25, -0.2) is 0 Å². The molecule has 0 aliphatic carbocycles. The summed E-state index contributed by atoms with van der Waals surface area (Å²) in [5.74, 6) is -0.115. The van der Waals surface area contributed by atoms with Crippen LogP contribution < -0.4 is 5.32 Å². The number of hydrogen-bond acceptors (Lipinski definition) is 3. The van der Waals surface area contributed by atoms with Gasteiger partial charge in [0, 0.05) is 31.6 Å². The van der Waals surface area contributed by atoms with E-state index in [0.717, 1.165) is 38.9 Å². The molecule has 0 aromatic carbocycles. The van der Waals surface area contributed by atoms with Crippen LogP contribution in [0.25, 0.3) is 0 Å². The lowest BCUT2D eigenvalue weighted by atomic mass is 9.93. The predicted octanol–water partition coefficient (Wildman–Crippen LogP) is 2.34. The zero-order valence-corrected chi connectivity index (χ0v) is 12.6. The molecule has 1 heterocycles. The van der Waals surface area contributed by atoms with Gasteiger partial charge in [0.15, 0.2) is 0 Å². The molecule has 0 aromatic heterocycles. The van der Waals surface area contributed by atoms with Crippen molar-refractivity contribution >= 4 is 11.9 Å². The normalized spacial score (nSPS) is 16.9. The molecule has 0 atom stereocenters. The summed E-state index contributed by atoms with van der Waals surface area (Å²) in [6.45, 7) is 5.43. The van der Waals surface area contributed by atoms with Crippen LogP contribution in [-0.2, 0) is 14.3 Å². The minimum Gasteiger partial charge on any atom is -0.481 e. The summed E-state index contributed by atoms with van der Waals surface area (Å²) < 4.78 is 5.31. The first-order valence-electron chi connectivity index (χ1n) is 7.49. The third-order valence-electron chi connectivity index (χ3n) is 3.80. The molecule has 1 rings (SSSR count). The largest absolute Gasteiger partial charge is 0.481 e. The van der Waals surface area contributed by atoms with E-state index >= 15 is 0 Å². The highest BCUT2D eigenvalue weighted by Crippen LogP contribution is 2.21. The van der Waals surface area contributed by atoms with E-state index in [1.807, 2.05) is 13.8 Å². The molecule has 5 nitrogen and oxygen atoms in total. The van der Waals surface area contributed by atoms with Gasteiger partial charge >= 0.3 is 5.97 Å². The van der Waals surface area contributed by atoms with Gasteiger partial charge < -0.3 is 15.2 Å². The van der Waals surface area contributed by atoms with Crippen LogP contribution >= 0.6 is 0 Å². The van der Waals surface area contributed by atoms with Gasteiger partial charge in [0.2, 0.25) is 5.91 Å². The van der Waals surface area contributed by atoms with Gasteiger partial charge in [-0.05, 0) is 51.9 Å². The fourth-order valence-corrected chi connectivity index (χ4v) is 2.51. The average Bonchev–Trinajstić information content (AvgIpc) is 2.37. The maximum Gasteiger partial charge on any atom is 0.303 e. The number of hydrogen-bond donors (Lipinski definition) is 2. The lowest BCUT2D eigenvalue weighted by molar-refractivity contribution is -0.137. The number of nitrogens with one attached hydrogen (secondary N) is 1. The van der Waals surface area contributed by atoms with Crippen molar-refractivity contribution in [2.45, 2.75) is 64.3 Å². The fourth-order valence-electron chi connectivity index (χ4n) is 2.51. The van der Waals surface area contributed by atoms with Crippen LogP contribution in [0.15, 0.2) is 0 Å².